The van der Waals surface area contributed by atoms with Gasteiger partial charge in [0.15, 0.2) is 9.84 Å². The molecule has 0 radical (unpaired) electrons. The summed E-state index contributed by atoms with van der Waals surface area (Å²) in [4.78, 5) is 11.6. The highest BCUT2D eigenvalue weighted by atomic mass is 32.2. The van der Waals surface area contributed by atoms with Crippen LogP contribution >= 0.6 is 0 Å². The van der Waals surface area contributed by atoms with E-state index in [2.05, 4.69) is 10.6 Å². The van der Waals surface area contributed by atoms with Crippen LogP contribution in [-0.2, 0) is 14.6 Å². The molecule has 1 fully saturated rings. The van der Waals surface area contributed by atoms with Crippen LogP contribution in [0.1, 0.15) is 20.3 Å². The molecule has 1 heterocycles. The maximum Gasteiger partial charge on any atom is 0.226 e. The van der Waals surface area contributed by atoms with Crippen molar-refractivity contribution in [1.29, 1.82) is 0 Å². The summed E-state index contributed by atoms with van der Waals surface area (Å²) in [6.45, 7) is 3.67. The second-order valence-electron chi connectivity index (χ2n) is 5.47. The van der Waals surface area contributed by atoms with Crippen LogP contribution in [0.5, 0.6) is 0 Å². The molecule has 1 aromatic rings. The maximum atomic E-state index is 11.6. The fourth-order valence-corrected chi connectivity index (χ4v) is 3.79. The molecule has 2 rings (SSSR count). The Kier molecular flexibility index (Phi) is 4.32. The Morgan fingerprint density at radius 3 is 2.60 bits per heavy atom. The molecule has 1 saturated heterocycles. The first-order valence-corrected chi connectivity index (χ1v) is 8.56. The number of anilines is 2. The number of sulfone groups is 1. The minimum Gasteiger partial charge on any atom is -0.381 e. The minimum absolute atomic E-state index is 0.0365. The standard InChI is InChI=1S/C14H20N2O3S/c1-10(2)14(17)16-12-5-3-4-11(8-12)15-13-6-7-20(18,19)9-13/h3-5,8,10,13,15H,6-7,9H2,1-2H3,(H,16,17). The molecule has 1 atom stereocenters. The number of hydrogen-bond donors (Lipinski definition) is 2. The molecule has 0 bridgehead atoms. The normalized spacial score (nSPS) is 20.9. The summed E-state index contributed by atoms with van der Waals surface area (Å²) in [5.74, 6) is 0.307. The molecule has 0 saturated carbocycles. The van der Waals surface area contributed by atoms with Gasteiger partial charge in [0.2, 0.25) is 5.91 Å². The van der Waals surface area contributed by atoms with E-state index in [1.807, 2.05) is 38.1 Å². The molecule has 20 heavy (non-hydrogen) atoms. The Morgan fingerprint density at radius 1 is 1.30 bits per heavy atom. The van der Waals surface area contributed by atoms with E-state index in [4.69, 9.17) is 0 Å². The van der Waals surface area contributed by atoms with Gasteiger partial charge < -0.3 is 10.6 Å². The van der Waals surface area contributed by atoms with E-state index < -0.39 is 9.84 Å². The van der Waals surface area contributed by atoms with Crippen molar-refractivity contribution in [3.8, 4) is 0 Å². The molecule has 110 valence electrons. The first-order valence-electron chi connectivity index (χ1n) is 6.73. The molecule has 5 nitrogen and oxygen atoms in total. The summed E-state index contributed by atoms with van der Waals surface area (Å²) >= 11 is 0. The lowest BCUT2D eigenvalue weighted by molar-refractivity contribution is -0.118. The quantitative estimate of drug-likeness (QED) is 0.889. The van der Waals surface area contributed by atoms with Crippen molar-refractivity contribution in [3.05, 3.63) is 24.3 Å². The Labute approximate surface area is 119 Å². The van der Waals surface area contributed by atoms with Gasteiger partial charge in [-0.05, 0) is 24.6 Å². The van der Waals surface area contributed by atoms with Gasteiger partial charge in [0.25, 0.3) is 0 Å². The number of benzene rings is 1. The predicted molar refractivity (Wildman–Crippen MR) is 80.6 cm³/mol. The van der Waals surface area contributed by atoms with Crippen molar-refractivity contribution in [3.63, 3.8) is 0 Å². The number of amides is 1. The summed E-state index contributed by atoms with van der Waals surface area (Å²) in [7, 11) is -2.89. The van der Waals surface area contributed by atoms with Gasteiger partial charge in [-0.1, -0.05) is 19.9 Å². The molecule has 1 aliphatic rings. The smallest absolute Gasteiger partial charge is 0.226 e. The van der Waals surface area contributed by atoms with Crippen LogP contribution in [0.3, 0.4) is 0 Å². The van der Waals surface area contributed by atoms with E-state index in [0.29, 0.717) is 6.42 Å². The zero-order valence-corrected chi connectivity index (χ0v) is 12.5. The first-order chi connectivity index (χ1) is 9.35. The number of nitrogens with one attached hydrogen (secondary N) is 2. The van der Waals surface area contributed by atoms with Gasteiger partial charge >= 0.3 is 0 Å². The van der Waals surface area contributed by atoms with Crippen molar-refractivity contribution in [1.82, 2.24) is 0 Å². The molecule has 1 unspecified atom stereocenters. The molecule has 0 aromatic heterocycles. The van der Waals surface area contributed by atoms with Crippen LogP contribution in [0.4, 0.5) is 11.4 Å². The van der Waals surface area contributed by atoms with Crippen molar-refractivity contribution >= 4 is 27.1 Å². The first kappa shape index (κ1) is 14.8. The molecule has 6 heteroatoms. The Balaban J connectivity index is 2.01. The molecular formula is C14H20N2O3S. The van der Waals surface area contributed by atoms with Gasteiger partial charge in [-0.15, -0.1) is 0 Å². The third-order valence-corrected chi connectivity index (χ3v) is 5.03. The Bertz CT molecular complexity index is 596. The fraction of sp³-hybridized carbons (Fsp3) is 0.500. The third-order valence-electron chi connectivity index (χ3n) is 3.26. The van der Waals surface area contributed by atoms with Crippen LogP contribution in [0.15, 0.2) is 24.3 Å². The lowest BCUT2D eigenvalue weighted by atomic mass is 10.2. The topological polar surface area (TPSA) is 75.3 Å². The number of carbonyl (C=O) groups excluding carboxylic acids is 1. The largest absolute Gasteiger partial charge is 0.381 e. The highest BCUT2D eigenvalue weighted by molar-refractivity contribution is 7.91. The fourth-order valence-electron chi connectivity index (χ4n) is 2.12. The van der Waals surface area contributed by atoms with Crippen LogP contribution < -0.4 is 10.6 Å². The van der Waals surface area contributed by atoms with E-state index in [1.165, 1.54) is 0 Å². The summed E-state index contributed by atoms with van der Waals surface area (Å²) in [6, 6.07) is 7.30. The van der Waals surface area contributed by atoms with Crippen LogP contribution in [0, 0.1) is 5.92 Å². The van der Waals surface area contributed by atoms with Gasteiger partial charge in [0.05, 0.1) is 11.5 Å². The molecule has 1 aliphatic heterocycles. The second kappa shape index (κ2) is 5.83. The van der Waals surface area contributed by atoms with Crippen molar-refractivity contribution in [2.45, 2.75) is 26.3 Å². The number of rotatable bonds is 4. The van der Waals surface area contributed by atoms with Crippen molar-refractivity contribution in [2.75, 3.05) is 22.1 Å². The zero-order valence-electron chi connectivity index (χ0n) is 11.7. The minimum atomic E-state index is -2.89. The van der Waals surface area contributed by atoms with Crippen LogP contribution in [0.25, 0.3) is 0 Å². The van der Waals surface area contributed by atoms with Crippen molar-refractivity contribution in [2.24, 2.45) is 5.92 Å². The number of hydrogen-bond acceptors (Lipinski definition) is 4. The van der Waals surface area contributed by atoms with E-state index >= 15 is 0 Å². The molecule has 2 N–H and O–H groups in total. The summed E-state index contributed by atoms with van der Waals surface area (Å²) in [6.07, 6.45) is 0.630. The molecule has 0 spiro atoms. The Morgan fingerprint density at radius 2 is 2.00 bits per heavy atom. The van der Waals surface area contributed by atoms with E-state index in [1.54, 1.807) is 0 Å². The highest BCUT2D eigenvalue weighted by Gasteiger charge is 2.27. The van der Waals surface area contributed by atoms with Gasteiger partial charge in [0, 0.05) is 23.3 Å². The average Bonchev–Trinajstić information content (AvgIpc) is 2.69. The second-order valence-corrected chi connectivity index (χ2v) is 7.70. The lowest BCUT2D eigenvalue weighted by Crippen LogP contribution is -2.21. The van der Waals surface area contributed by atoms with E-state index in [-0.39, 0.29) is 29.4 Å². The highest BCUT2D eigenvalue weighted by Crippen LogP contribution is 2.20. The summed E-state index contributed by atoms with van der Waals surface area (Å²) in [5, 5.41) is 6.03. The molecule has 1 amide bonds. The summed E-state index contributed by atoms with van der Waals surface area (Å²) < 4.78 is 22.8. The van der Waals surface area contributed by atoms with E-state index in [9.17, 15) is 13.2 Å². The van der Waals surface area contributed by atoms with Gasteiger partial charge in [-0.25, -0.2) is 8.42 Å². The molecular weight excluding hydrogens is 276 g/mol. The van der Waals surface area contributed by atoms with Crippen molar-refractivity contribution < 1.29 is 13.2 Å². The zero-order chi connectivity index (χ0) is 14.8. The number of carbonyl (C=O) groups is 1. The van der Waals surface area contributed by atoms with Crippen LogP contribution in [-0.4, -0.2) is 31.9 Å². The van der Waals surface area contributed by atoms with Gasteiger partial charge in [-0.2, -0.15) is 0 Å². The molecule has 0 aliphatic carbocycles. The predicted octanol–water partition coefficient (Wildman–Crippen LogP) is 1.88. The van der Waals surface area contributed by atoms with Gasteiger partial charge in [0.1, 0.15) is 0 Å². The lowest BCUT2D eigenvalue weighted by Gasteiger charge is -2.14. The average molecular weight is 296 g/mol. The van der Waals surface area contributed by atoms with Crippen LogP contribution in [0.2, 0.25) is 0 Å². The summed E-state index contributed by atoms with van der Waals surface area (Å²) in [5.41, 5.74) is 1.54. The van der Waals surface area contributed by atoms with Gasteiger partial charge in [-0.3, -0.25) is 4.79 Å². The monoisotopic (exact) mass is 296 g/mol. The maximum absolute atomic E-state index is 11.6. The third kappa shape index (κ3) is 3.96. The van der Waals surface area contributed by atoms with E-state index in [0.717, 1.165) is 11.4 Å². The SMILES string of the molecule is CC(C)C(=O)Nc1cccc(NC2CCS(=O)(=O)C2)c1. The molecule has 1 aromatic carbocycles. The Hall–Kier alpha value is -1.56.